The van der Waals surface area contributed by atoms with E-state index < -0.39 is 0 Å². The zero-order chi connectivity index (χ0) is 15.9. The van der Waals surface area contributed by atoms with Gasteiger partial charge >= 0.3 is 6.03 Å². The molecular formula is C16H30N4O2. The second kappa shape index (κ2) is 8.36. The predicted octanol–water partition coefficient (Wildman–Crippen LogP) is 1.03. The van der Waals surface area contributed by atoms with Gasteiger partial charge in [-0.15, -0.1) is 0 Å². The van der Waals surface area contributed by atoms with Gasteiger partial charge in [0.2, 0.25) is 5.91 Å². The van der Waals surface area contributed by atoms with E-state index in [0.29, 0.717) is 25.7 Å². The SMILES string of the molecule is CCN(CC)CCNC(=O)C1CCN(C(=O)NC2CC2)CC1. The molecule has 2 N–H and O–H groups in total. The summed E-state index contributed by atoms with van der Waals surface area (Å²) in [6.07, 6.45) is 3.76. The third-order valence-corrected chi connectivity index (χ3v) is 4.68. The van der Waals surface area contributed by atoms with E-state index >= 15 is 0 Å². The van der Waals surface area contributed by atoms with E-state index in [4.69, 9.17) is 0 Å². The molecule has 2 rings (SSSR count). The fraction of sp³-hybridized carbons (Fsp3) is 0.875. The first-order valence-electron chi connectivity index (χ1n) is 8.69. The highest BCUT2D eigenvalue weighted by molar-refractivity contribution is 5.79. The van der Waals surface area contributed by atoms with Crippen LogP contribution in [0.15, 0.2) is 0 Å². The van der Waals surface area contributed by atoms with E-state index in [1.807, 2.05) is 4.90 Å². The number of carbonyl (C=O) groups is 2. The molecule has 1 saturated heterocycles. The molecule has 0 radical (unpaired) electrons. The molecule has 6 nitrogen and oxygen atoms in total. The van der Waals surface area contributed by atoms with Gasteiger partial charge in [-0.2, -0.15) is 0 Å². The van der Waals surface area contributed by atoms with Crippen molar-refractivity contribution in [3.63, 3.8) is 0 Å². The lowest BCUT2D eigenvalue weighted by Gasteiger charge is -2.31. The first-order valence-corrected chi connectivity index (χ1v) is 8.69. The molecule has 126 valence electrons. The standard InChI is InChI=1S/C16H30N4O2/c1-3-19(4-2)12-9-17-15(21)13-7-10-20(11-8-13)16(22)18-14-5-6-14/h13-14H,3-12H2,1-2H3,(H,17,21)(H,18,22). The first kappa shape index (κ1) is 17.1. The topological polar surface area (TPSA) is 64.7 Å². The van der Waals surface area contributed by atoms with Crippen molar-refractivity contribution in [1.29, 1.82) is 0 Å². The molecule has 0 spiro atoms. The van der Waals surface area contributed by atoms with Crippen LogP contribution in [-0.4, -0.2) is 67.0 Å². The molecule has 0 aromatic heterocycles. The Morgan fingerprint density at radius 2 is 1.73 bits per heavy atom. The molecule has 0 bridgehead atoms. The summed E-state index contributed by atoms with van der Waals surface area (Å²) in [6.45, 7) is 9.28. The number of urea groups is 1. The van der Waals surface area contributed by atoms with Gasteiger partial charge in [0.1, 0.15) is 0 Å². The van der Waals surface area contributed by atoms with Crippen molar-refractivity contribution in [2.45, 2.75) is 45.6 Å². The lowest BCUT2D eigenvalue weighted by atomic mass is 9.96. The number of nitrogens with one attached hydrogen (secondary N) is 2. The Labute approximate surface area is 133 Å². The third kappa shape index (κ3) is 5.16. The van der Waals surface area contributed by atoms with E-state index in [2.05, 4.69) is 29.4 Å². The lowest BCUT2D eigenvalue weighted by Crippen LogP contribution is -2.47. The average Bonchev–Trinajstić information content (AvgIpc) is 3.35. The molecule has 1 heterocycles. The maximum atomic E-state index is 12.2. The number of amides is 3. The second-order valence-electron chi connectivity index (χ2n) is 6.30. The van der Waals surface area contributed by atoms with Crippen molar-refractivity contribution in [2.24, 2.45) is 5.92 Å². The number of carbonyl (C=O) groups excluding carboxylic acids is 2. The number of piperidine rings is 1. The van der Waals surface area contributed by atoms with Gasteiger partial charge in [-0.3, -0.25) is 4.79 Å². The van der Waals surface area contributed by atoms with Crippen LogP contribution in [0.25, 0.3) is 0 Å². The molecule has 22 heavy (non-hydrogen) atoms. The van der Waals surface area contributed by atoms with Crippen molar-refractivity contribution in [3.8, 4) is 0 Å². The molecule has 1 aliphatic heterocycles. The minimum absolute atomic E-state index is 0.0443. The summed E-state index contributed by atoms with van der Waals surface area (Å²) in [5, 5.41) is 6.05. The van der Waals surface area contributed by atoms with Crippen molar-refractivity contribution in [1.82, 2.24) is 20.4 Å². The molecule has 1 aliphatic carbocycles. The fourth-order valence-electron chi connectivity index (χ4n) is 2.86. The van der Waals surface area contributed by atoms with Gasteiger partial charge in [-0.1, -0.05) is 13.8 Å². The minimum atomic E-state index is 0.0443. The van der Waals surface area contributed by atoms with E-state index in [1.54, 1.807) is 0 Å². The van der Waals surface area contributed by atoms with Gasteiger partial charge in [0.05, 0.1) is 0 Å². The summed E-state index contributed by atoms with van der Waals surface area (Å²) < 4.78 is 0. The van der Waals surface area contributed by atoms with Crippen molar-refractivity contribution in [3.05, 3.63) is 0 Å². The maximum Gasteiger partial charge on any atom is 0.317 e. The Morgan fingerprint density at radius 3 is 2.27 bits per heavy atom. The molecule has 2 fully saturated rings. The van der Waals surface area contributed by atoms with Crippen LogP contribution in [0.3, 0.4) is 0 Å². The summed E-state index contributed by atoms with van der Waals surface area (Å²) >= 11 is 0. The monoisotopic (exact) mass is 310 g/mol. The number of hydrogen-bond acceptors (Lipinski definition) is 3. The Balaban J connectivity index is 1.62. The average molecular weight is 310 g/mol. The number of likely N-dealkylation sites (tertiary alicyclic amines) is 1. The highest BCUT2D eigenvalue weighted by Gasteiger charge is 2.30. The Hall–Kier alpha value is -1.30. The van der Waals surface area contributed by atoms with Crippen LogP contribution in [-0.2, 0) is 4.79 Å². The lowest BCUT2D eigenvalue weighted by molar-refractivity contribution is -0.126. The molecule has 2 aliphatic rings. The van der Waals surface area contributed by atoms with Crippen LogP contribution in [0.4, 0.5) is 4.79 Å². The predicted molar refractivity (Wildman–Crippen MR) is 86.6 cm³/mol. The molecule has 0 aromatic rings. The smallest absolute Gasteiger partial charge is 0.317 e. The molecule has 6 heteroatoms. The Kier molecular flexibility index (Phi) is 6.49. The van der Waals surface area contributed by atoms with E-state index in [0.717, 1.165) is 45.3 Å². The van der Waals surface area contributed by atoms with Crippen LogP contribution >= 0.6 is 0 Å². The largest absolute Gasteiger partial charge is 0.355 e. The molecule has 0 aromatic carbocycles. The number of hydrogen-bond donors (Lipinski definition) is 2. The van der Waals surface area contributed by atoms with Gasteiger partial charge in [0.15, 0.2) is 0 Å². The zero-order valence-corrected chi connectivity index (χ0v) is 13.9. The van der Waals surface area contributed by atoms with Crippen LogP contribution in [0.5, 0.6) is 0 Å². The summed E-state index contributed by atoms with van der Waals surface area (Å²) in [5.74, 6) is 0.205. The highest BCUT2D eigenvalue weighted by Crippen LogP contribution is 2.21. The quantitative estimate of drug-likeness (QED) is 0.738. The van der Waals surface area contributed by atoms with Gasteiger partial charge < -0.3 is 20.4 Å². The highest BCUT2D eigenvalue weighted by atomic mass is 16.2. The van der Waals surface area contributed by atoms with Crippen LogP contribution in [0.2, 0.25) is 0 Å². The van der Waals surface area contributed by atoms with Gasteiger partial charge in [-0.05, 0) is 38.8 Å². The fourth-order valence-corrected chi connectivity index (χ4v) is 2.86. The van der Waals surface area contributed by atoms with Crippen molar-refractivity contribution >= 4 is 11.9 Å². The summed E-state index contributed by atoms with van der Waals surface area (Å²) in [6, 6.07) is 0.441. The Bertz CT molecular complexity index is 372. The summed E-state index contributed by atoms with van der Waals surface area (Å²) in [7, 11) is 0. The van der Waals surface area contributed by atoms with Crippen molar-refractivity contribution in [2.75, 3.05) is 39.3 Å². The molecule has 1 saturated carbocycles. The molecule has 0 unspecified atom stereocenters. The number of likely N-dealkylation sites (N-methyl/N-ethyl adjacent to an activating group) is 1. The summed E-state index contributed by atoms with van der Waals surface area (Å²) in [5.41, 5.74) is 0. The van der Waals surface area contributed by atoms with E-state index in [-0.39, 0.29) is 17.9 Å². The maximum absolute atomic E-state index is 12.2. The summed E-state index contributed by atoms with van der Waals surface area (Å²) in [4.78, 5) is 28.3. The minimum Gasteiger partial charge on any atom is -0.355 e. The van der Waals surface area contributed by atoms with Crippen LogP contribution in [0.1, 0.15) is 39.5 Å². The zero-order valence-electron chi connectivity index (χ0n) is 13.9. The molecule has 0 atom stereocenters. The van der Waals surface area contributed by atoms with Crippen LogP contribution < -0.4 is 10.6 Å². The first-order chi connectivity index (χ1) is 10.6. The number of nitrogens with zero attached hydrogens (tertiary/aromatic N) is 2. The van der Waals surface area contributed by atoms with E-state index in [1.165, 1.54) is 0 Å². The normalized spacial score (nSPS) is 19.3. The van der Waals surface area contributed by atoms with Crippen LogP contribution in [0, 0.1) is 5.92 Å². The van der Waals surface area contributed by atoms with E-state index in [9.17, 15) is 9.59 Å². The number of rotatable bonds is 7. The molecule has 3 amide bonds. The molecular weight excluding hydrogens is 280 g/mol. The van der Waals surface area contributed by atoms with Gasteiger partial charge in [0, 0.05) is 38.1 Å². The van der Waals surface area contributed by atoms with Gasteiger partial charge in [0.25, 0.3) is 0 Å². The Morgan fingerprint density at radius 1 is 1.09 bits per heavy atom. The third-order valence-electron chi connectivity index (χ3n) is 4.68. The van der Waals surface area contributed by atoms with Crippen molar-refractivity contribution < 1.29 is 9.59 Å². The second-order valence-corrected chi connectivity index (χ2v) is 6.30. The van der Waals surface area contributed by atoms with Gasteiger partial charge in [-0.25, -0.2) is 4.79 Å².